The first-order chi connectivity index (χ1) is 13.4. The number of aryl methyl sites for hydroxylation is 1. The van der Waals surface area contributed by atoms with Gasteiger partial charge in [0.2, 0.25) is 0 Å². The molecule has 3 heterocycles. The minimum Gasteiger partial charge on any atom is -0.379 e. The number of para-hydroxylation sites is 1. The summed E-state index contributed by atoms with van der Waals surface area (Å²) in [6.07, 6.45) is 0. The van der Waals surface area contributed by atoms with Crippen LogP contribution in [0.25, 0.3) is 10.9 Å². The zero-order chi connectivity index (χ0) is 19.9. The Morgan fingerprint density at radius 2 is 1.96 bits per heavy atom. The topological polar surface area (TPSA) is 88.9 Å². The summed E-state index contributed by atoms with van der Waals surface area (Å²) in [5.74, 6) is 0.673. The molecule has 0 bridgehead atoms. The summed E-state index contributed by atoms with van der Waals surface area (Å²) < 4.78 is 7.34. The first-order valence-corrected chi connectivity index (χ1v) is 9.59. The minimum atomic E-state index is -0.341. The maximum Gasteiger partial charge on any atom is 0.253 e. The number of hydrogen-bond acceptors (Lipinski definition) is 6. The molecule has 0 unspecified atom stereocenters. The standard InChI is InChI=1S/C20H26N6O2/c1-13-6-5-7-14-12-15(19(27)21-16(13)14)17(25-8-10-28-11-9-25)18-22-23-24-26(18)20(2,3)4/h5-7,12,17H,8-11H2,1-4H3,(H,21,27)/t17-/m0/s1. The largest absolute Gasteiger partial charge is 0.379 e. The number of ether oxygens (including phenoxy) is 1. The lowest BCUT2D eigenvalue weighted by atomic mass is 10.0. The molecule has 28 heavy (non-hydrogen) atoms. The van der Waals surface area contributed by atoms with Gasteiger partial charge in [-0.05, 0) is 55.1 Å². The first-order valence-electron chi connectivity index (χ1n) is 9.59. The number of tetrazole rings is 1. The number of fused-ring (bicyclic) bond motifs is 1. The molecule has 1 aliphatic rings. The molecule has 1 saturated heterocycles. The molecule has 2 aromatic heterocycles. The van der Waals surface area contributed by atoms with Gasteiger partial charge in [-0.3, -0.25) is 9.69 Å². The van der Waals surface area contributed by atoms with Crippen molar-refractivity contribution >= 4 is 10.9 Å². The lowest BCUT2D eigenvalue weighted by Gasteiger charge is -2.34. The molecule has 1 aliphatic heterocycles. The van der Waals surface area contributed by atoms with Crippen LogP contribution >= 0.6 is 0 Å². The molecule has 8 nitrogen and oxygen atoms in total. The number of benzene rings is 1. The van der Waals surface area contributed by atoms with Crippen LogP contribution in [0.5, 0.6) is 0 Å². The van der Waals surface area contributed by atoms with E-state index in [0.29, 0.717) is 37.7 Å². The third-order valence-electron chi connectivity index (χ3n) is 5.20. The molecular weight excluding hydrogens is 356 g/mol. The summed E-state index contributed by atoms with van der Waals surface area (Å²) >= 11 is 0. The van der Waals surface area contributed by atoms with Crippen molar-refractivity contribution in [1.82, 2.24) is 30.1 Å². The molecule has 0 amide bonds. The van der Waals surface area contributed by atoms with Gasteiger partial charge in [-0.1, -0.05) is 18.2 Å². The van der Waals surface area contributed by atoms with Crippen LogP contribution in [0.2, 0.25) is 0 Å². The Kier molecular flexibility index (Phi) is 4.76. The van der Waals surface area contributed by atoms with Gasteiger partial charge < -0.3 is 9.72 Å². The van der Waals surface area contributed by atoms with E-state index in [4.69, 9.17) is 4.74 Å². The first kappa shape index (κ1) is 18.8. The summed E-state index contributed by atoms with van der Waals surface area (Å²) in [6.45, 7) is 10.8. The Morgan fingerprint density at radius 1 is 1.21 bits per heavy atom. The number of aromatic amines is 1. The Balaban J connectivity index is 1.92. The van der Waals surface area contributed by atoms with E-state index in [2.05, 4.69) is 46.2 Å². The highest BCUT2D eigenvalue weighted by Crippen LogP contribution is 2.30. The highest BCUT2D eigenvalue weighted by molar-refractivity contribution is 5.82. The normalized spacial score (nSPS) is 17.1. The summed E-state index contributed by atoms with van der Waals surface area (Å²) in [6, 6.07) is 7.65. The van der Waals surface area contributed by atoms with Gasteiger partial charge in [0.05, 0.1) is 24.3 Å². The zero-order valence-corrected chi connectivity index (χ0v) is 16.8. The summed E-state index contributed by atoms with van der Waals surface area (Å²) in [5, 5.41) is 13.5. The highest BCUT2D eigenvalue weighted by atomic mass is 16.5. The van der Waals surface area contributed by atoms with Crippen LogP contribution in [-0.2, 0) is 10.3 Å². The fourth-order valence-electron chi connectivity index (χ4n) is 3.78. The Hall–Kier alpha value is -2.58. The van der Waals surface area contributed by atoms with Gasteiger partial charge in [-0.15, -0.1) is 5.10 Å². The average molecular weight is 382 g/mol. The second kappa shape index (κ2) is 7.10. The fraction of sp³-hybridized carbons (Fsp3) is 0.500. The molecule has 1 atom stereocenters. The predicted octanol–water partition coefficient (Wildman–Crippen LogP) is 2.00. The Bertz CT molecular complexity index is 1040. The molecule has 1 fully saturated rings. The van der Waals surface area contributed by atoms with Crippen LogP contribution in [-0.4, -0.2) is 56.4 Å². The quantitative estimate of drug-likeness (QED) is 0.745. The number of nitrogens with one attached hydrogen (secondary N) is 1. The molecule has 4 rings (SSSR count). The van der Waals surface area contributed by atoms with E-state index in [1.54, 1.807) is 0 Å². The molecule has 0 aliphatic carbocycles. The van der Waals surface area contributed by atoms with Crippen molar-refractivity contribution in [3.05, 3.63) is 51.6 Å². The monoisotopic (exact) mass is 382 g/mol. The van der Waals surface area contributed by atoms with Crippen molar-refractivity contribution < 1.29 is 4.74 Å². The van der Waals surface area contributed by atoms with E-state index in [9.17, 15) is 4.79 Å². The lowest BCUT2D eigenvalue weighted by Crippen LogP contribution is -2.43. The van der Waals surface area contributed by atoms with Crippen LogP contribution in [0.15, 0.2) is 29.1 Å². The van der Waals surface area contributed by atoms with Crippen LogP contribution in [0.3, 0.4) is 0 Å². The van der Waals surface area contributed by atoms with E-state index >= 15 is 0 Å². The van der Waals surface area contributed by atoms with E-state index in [1.165, 1.54) is 0 Å². The van der Waals surface area contributed by atoms with E-state index in [1.807, 2.05) is 35.9 Å². The smallest absolute Gasteiger partial charge is 0.253 e. The number of aromatic nitrogens is 5. The van der Waals surface area contributed by atoms with Crippen molar-refractivity contribution in [2.24, 2.45) is 0 Å². The van der Waals surface area contributed by atoms with Crippen LogP contribution in [0.1, 0.15) is 43.8 Å². The van der Waals surface area contributed by atoms with Crippen molar-refractivity contribution in [2.75, 3.05) is 26.3 Å². The van der Waals surface area contributed by atoms with Crippen molar-refractivity contribution in [3.8, 4) is 0 Å². The number of hydrogen-bond donors (Lipinski definition) is 1. The molecule has 1 N–H and O–H groups in total. The maximum absolute atomic E-state index is 13.1. The molecule has 3 aromatic rings. The fourth-order valence-corrected chi connectivity index (χ4v) is 3.78. The van der Waals surface area contributed by atoms with E-state index in [0.717, 1.165) is 16.5 Å². The highest BCUT2D eigenvalue weighted by Gasteiger charge is 2.34. The number of nitrogens with zero attached hydrogens (tertiary/aromatic N) is 5. The number of rotatable bonds is 3. The molecule has 8 heteroatoms. The number of pyridine rings is 1. The van der Waals surface area contributed by atoms with Crippen LogP contribution in [0.4, 0.5) is 0 Å². The molecule has 0 spiro atoms. The Labute approximate surface area is 163 Å². The van der Waals surface area contributed by atoms with Gasteiger partial charge >= 0.3 is 0 Å². The summed E-state index contributed by atoms with van der Waals surface area (Å²) in [5.41, 5.74) is 2.15. The van der Waals surface area contributed by atoms with E-state index in [-0.39, 0.29) is 17.1 Å². The van der Waals surface area contributed by atoms with Crippen molar-refractivity contribution in [2.45, 2.75) is 39.3 Å². The number of morpholine rings is 1. The summed E-state index contributed by atoms with van der Waals surface area (Å²) in [7, 11) is 0. The zero-order valence-electron chi connectivity index (χ0n) is 16.8. The van der Waals surface area contributed by atoms with Gasteiger partial charge in [0, 0.05) is 18.7 Å². The second-order valence-electron chi connectivity index (χ2n) is 8.26. The van der Waals surface area contributed by atoms with Gasteiger partial charge in [-0.25, -0.2) is 4.68 Å². The van der Waals surface area contributed by atoms with Crippen LogP contribution in [0, 0.1) is 6.92 Å². The molecule has 1 aromatic carbocycles. The molecule has 0 radical (unpaired) electrons. The van der Waals surface area contributed by atoms with Gasteiger partial charge in [0.15, 0.2) is 5.82 Å². The van der Waals surface area contributed by atoms with Gasteiger partial charge in [0.25, 0.3) is 5.56 Å². The van der Waals surface area contributed by atoms with Crippen molar-refractivity contribution in [1.29, 1.82) is 0 Å². The average Bonchev–Trinajstić information content (AvgIpc) is 3.14. The van der Waals surface area contributed by atoms with E-state index < -0.39 is 0 Å². The minimum absolute atomic E-state index is 0.109. The van der Waals surface area contributed by atoms with Crippen molar-refractivity contribution in [3.63, 3.8) is 0 Å². The number of H-pyrrole nitrogens is 1. The SMILES string of the molecule is Cc1cccc2cc([C@@H](c3nnnn3C(C)(C)C)N3CCOCC3)c(=O)[nH]c12. The molecule has 148 valence electrons. The third kappa shape index (κ3) is 3.33. The van der Waals surface area contributed by atoms with Gasteiger partial charge in [0.1, 0.15) is 6.04 Å². The predicted molar refractivity (Wildman–Crippen MR) is 106 cm³/mol. The Morgan fingerprint density at radius 3 is 2.68 bits per heavy atom. The lowest BCUT2D eigenvalue weighted by molar-refractivity contribution is 0.0206. The molecular formula is C20H26N6O2. The molecule has 0 saturated carbocycles. The second-order valence-corrected chi connectivity index (χ2v) is 8.26. The van der Waals surface area contributed by atoms with Gasteiger partial charge in [-0.2, -0.15) is 0 Å². The van der Waals surface area contributed by atoms with Crippen LogP contribution < -0.4 is 5.56 Å². The maximum atomic E-state index is 13.1. The third-order valence-corrected chi connectivity index (χ3v) is 5.20. The summed E-state index contributed by atoms with van der Waals surface area (Å²) in [4.78, 5) is 18.4.